The quantitative estimate of drug-likeness (QED) is 0.452. The molecule has 0 spiro atoms. The summed E-state index contributed by atoms with van der Waals surface area (Å²) in [6, 6.07) is 7.22. The lowest BCUT2D eigenvalue weighted by atomic mass is 9.93. The minimum atomic E-state index is -0.471. The number of benzene rings is 1. The van der Waals surface area contributed by atoms with Gasteiger partial charge >= 0.3 is 6.09 Å². The summed E-state index contributed by atoms with van der Waals surface area (Å²) in [6.07, 6.45) is 8.47. The molecule has 1 N–H and O–H groups in total. The fourth-order valence-electron chi connectivity index (χ4n) is 6.19. The van der Waals surface area contributed by atoms with Crippen LogP contribution in [0.4, 0.5) is 10.6 Å². The maximum Gasteiger partial charge on any atom is 0.410 e. The van der Waals surface area contributed by atoms with Gasteiger partial charge in [-0.3, -0.25) is 9.69 Å². The van der Waals surface area contributed by atoms with Crippen LogP contribution in [-0.2, 0) is 4.74 Å². The van der Waals surface area contributed by atoms with Crippen molar-refractivity contribution in [2.75, 3.05) is 50.7 Å². The van der Waals surface area contributed by atoms with E-state index < -0.39 is 5.60 Å². The molecular formula is C33H44ClN7O4. The van der Waals surface area contributed by atoms with Gasteiger partial charge in [0.2, 0.25) is 0 Å². The Labute approximate surface area is 270 Å². The number of amides is 2. The SMILES string of the molecule is CC(C)(C)OC(=O)N1CCN(CC2CCN(c3cnc(C(=O)N[C@H]4CC[C@H](Oc5ccc(C#N)c(Cl)c5)CC4)cn3)CC2)CC1. The third-order valence-electron chi connectivity index (χ3n) is 8.72. The molecule has 2 aromatic rings. The van der Waals surface area contributed by atoms with E-state index in [0.29, 0.717) is 41.0 Å². The van der Waals surface area contributed by atoms with Crippen LogP contribution in [0.5, 0.6) is 5.75 Å². The van der Waals surface area contributed by atoms with Gasteiger partial charge in [-0.1, -0.05) is 11.6 Å². The summed E-state index contributed by atoms with van der Waals surface area (Å²) in [5.74, 6) is 1.86. The summed E-state index contributed by atoms with van der Waals surface area (Å²) in [4.78, 5) is 40.8. The first-order valence-electron chi connectivity index (χ1n) is 16.0. The lowest BCUT2D eigenvalue weighted by Gasteiger charge is -2.39. The second-order valence-corrected chi connectivity index (χ2v) is 13.7. The molecule has 45 heavy (non-hydrogen) atoms. The zero-order valence-electron chi connectivity index (χ0n) is 26.5. The van der Waals surface area contributed by atoms with Gasteiger partial charge in [0.25, 0.3) is 5.91 Å². The van der Waals surface area contributed by atoms with Crippen molar-refractivity contribution < 1.29 is 19.1 Å². The van der Waals surface area contributed by atoms with Crippen molar-refractivity contribution in [2.24, 2.45) is 5.92 Å². The lowest BCUT2D eigenvalue weighted by molar-refractivity contribution is 0.0130. The van der Waals surface area contributed by atoms with Crippen molar-refractivity contribution in [1.82, 2.24) is 25.1 Å². The summed E-state index contributed by atoms with van der Waals surface area (Å²) >= 11 is 6.12. The molecule has 3 aliphatic rings. The number of aromatic nitrogens is 2. The summed E-state index contributed by atoms with van der Waals surface area (Å²) < 4.78 is 11.6. The van der Waals surface area contributed by atoms with Crippen molar-refractivity contribution in [3.8, 4) is 11.8 Å². The van der Waals surface area contributed by atoms with Crippen molar-refractivity contribution in [3.63, 3.8) is 0 Å². The van der Waals surface area contributed by atoms with Crippen molar-refractivity contribution in [1.29, 1.82) is 5.26 Å². The molecule has 3 fully saturated rings. The van der Waals surface area contributed by atoms with E-state index in [0.717, 1.165) is 77.1 Å². The Hall–Kier alpha value is -3.62. The topological polar surface area (TPSA) is 124 Å². The molecule has 1 aromatic heterocycles. The molecule has 5 rings (SSSR count). The van der Waals surface area contributed by atoms with Gasteiger partial charge in [-0.15, -0.1) is 0 Å². The van der Waals surface area contributed by atoms with Crippen molar-refractivity contribution >= 4 is 29.4 Å². The maximum atomic E-state index is 12.9. The van der Waals surface area contributed by atoms with Gasteiger partial charge in [-0.05, 0) is 77.3 Å². The Balaban J connectivity index is 0.999. The number of ether oxygens (including phenoxy) is 2. The number of anilines is 1. The molecule has 2 saturated heterocycles. The first-order chi connectivity index (χ1) is 21.6. The fourth-order valence-corrected chi connectivity index (χ4v) is 6.40. The van der Waals surface area contributed by atoms with Crippen LogP contribution >= 0.6 is 11.6 Å². The molecule has 2 amide bonds. The molecule has 2 aliphatic heterocycles. The molecule has 3 heterocycles. The van der Waals surface area contributed by atoms with Gasteiger partial charge in [0.15, 0.2) is 0 Å². The smallest absolute Gasteiger partial charge is 0.410 e. The van der Waals surface area contributed by atoms with Crippen LogP contribution in [0.15, 0.2) is 30.6 Å². The number of hydrogen-bond donors (Lipinski definition) is 1. The average molecular weight is 638 g/mol. The number of carbonyl (C=O) groups excluding carboxylic acids is 2. The lowest BCUT2D eigenvalue weighted by Crippen LogP contribution is -2.51. The van der Waals surface area contributed by atoms with Crippen molar-refractivity contribution in [3.05, 3.63) is 46.9 Å². The van der Waals surface area contributed by atoms with Gasteiger partial charge in [-0.2, -0.15) is 5.26 Å². The number of piperidine rings is 1. The highest BCUT2D eigenvalue weighted by atomic mass is 35.5. The minimum Gasteiger partial charge on any atom is -0.490 e. The standard InChI is InChI=1S/C33H44ClN7O4/c1-33(2,3)45-32(43)41-16-14-39(15-17-41)22-23-10-12-40(13-11-23)30-21-36-29(20-37-30)31(42)38-25-5-8-26(9-6-25)44-27-7-4-24(19-35)28(34)18-27/h4,7,18,20-21,23,25-26H,5-6,8-17,22H2,1-3H3,(H,38,42)/t25-,26-. The maximum absolute atomic E-state index is 12.9. The third kappa shape index (κ3) is 9.21. The van der Waals surface area contributed by atoms with E-state index in [4.69, 9.17) is 26.3 Å². The molecule has 0 atom stereocenters. The Morgan fingerprint density at radius 3 is 2.31 bits per heavy atom. The Bertz CT molecular complexity index is 1350. The number of rotatable bonds is 7. The van der Waals surface area contributed by atoms with E-state index in [1.165, 1.54) is 0 Å². The summed E-state index contributed by atoms with van der Waals surface area (Å²) in [5.41, 5.74) is 0.280. The van der Waals surface area contributed by atoms with Gasteiger partial charge in [-0.25, -0.2) is 14.8 Å². The average Bonchev–Trinajstić information content (AvgIpc) is 3.02. The van der Waals surface area contributed by atoms with E-state index in [2.05, 4.69) is 31.2 Å². The molecule has 1 saturated carbocycles. The molecule has 1 aromatic carbocycles. The zero-order valence-corrected chi connectivity index (χ0v) is 27.3. The second kappa shape index (κ2) is 14.6. The summed E-state index contributed by atoms with van der Waals surface area (Å²) in [6.45, 7) is 11.7. The Morgan fingerprint density at radius 1 is 1.00 bits per heavy atom. The number of nitriles is 1. The molecule has 0 radical (unpaired) electrons. The van der Waals surface area contributed by atoms with E-state index in [9.17, 15) is 9.59 Å². The zero-order chi connectivity index (χ0) is 32.0. The highest BCUT2D eigenvalue weighted by Gasteiger charge is 2.29. The predicted octanol–water partition coefficient (Wildman–Crippen LogP) is 4.89. The molecule has 0 bridgehead atoms. The molecule has 0 unspecified atom stereocenters. The Morgan fingerprint density at radius 2 is 1.71 bits per heavy atom. The number of nitrogens with one attached hydrogen (secondary N) is 1. The van der Waals surface area contributed by atoms with Gasteiger partial charge in [0.05, 0.1) is 29.1 Å². The third-order valence-corrected chi connectivity index (χ3v) is 9.04. The second-order valence-electron chi connectivity index (χ2n) is 13.3. The van der Waals surface area contributed by atoms with Crippen LogP contribution < -0.4 is 15.0 Å². The molecule has 1 aliphatic carbocycles. The fraction of sp³-hybridized carbons (Fsp3) is 0.606. The first kappa shape index (κ1) is 32.8. The van der Waals surface area contributed by atoms with E-state index in [1.807, 2.05) is 25.7 Å². The summed E-state index contributed by atoms with van der Waals surface area (Å²) in [5, 5.41) is 12.5. The van der Waals surface area contributed by atoms with Crippen LogP contribution in [0.1, 0.15) is 75.3 Å². The van der Waals surface area contributed by atoms with E-state index in [1.54, 1.807) is 30.6 Å². The number of nitrogens with zero attached hydrogens (tertiary/aromatic N) is 6. The van der Waals surface area contributed by atoms with Gasteiger partial charge in [0, 0.05) is 57.9 Å². The van der Waals surface area contributed by atoms with Crippen LogP contribution in [0.25, 0.3) is 0 Å². The molecule has 242 valence electrons. The number of halogens is 1. The van der Waals surface area contributed by atoms with E-state index >= 15 is 0 Å². The number of carbonyl (C=O) groups is 2. The monoisotopic (exact) mass is 637 g/mol. The minimum absolute atomic E-state index is 0.0414. The number of hydrogen-bond acceptors (Lipinski definition) is 9. The van der Waals surface area contributed by atoms with Gasteiger partial charge < -0.3 is 24.6 Å². The van der Waals surface area contributed by atoms with E-state index in [-0.39, 0.29) is 24.1 Å². The van der Waals surface area contributed by atoms with Crippen LogP contribution in [0.2, 0.25) is 5.02 Å². The molecule has 12 heteroatoms. The normalized spacial score (nSPS) is 21.6. The highest BCUT2D eigenvalue weighted by molar-refractivity contribution is 6.31. The first-order valence-corrected chi connectivity index (χ1v) is 16.4. The Kier molecular flexibility index (Phi) is 10.7. The number of piperazine rings is 1. The molecule has 11 nitrogen and oxygen atoms in total. The van der Waals surface area contributed by atoms with Crippen LogP contribution in [0.3, 0.4) is 0 Å². The van der Waals surface area contributed by atoms with Crippen LogP contribution in [-0.4, -0.2) is 95.3 Å². The molecular weight excluding hydrogens is 594 g/mol. The highest BCUT2D eigenvalue weighted by Crippen LogP contribution is 2.28. The predicted molar refractivity (Wildman–Crippen MR) is 172 cm³/mol. The van der Waals surface area contributed by atoms with Crippen LogP contribution in [0, 0.1) is 17.2 Å². The summed E-state index contributed by atoms with van der Waals surface area (Å²) in [7, 11) is 0. The van der Waals surface area contributed by atoms with Gasteiger partial charge in [0.1, 0.15) is 28.9 Å². The van der Waals surface area contributed by atoms with Crippen molar-refractivity contribution in [2.45, 2.75) is 77.0 Å². The largest absolute Gasteiger partial charge is 0.490 e.